The Morgan fingerprint density at radius 1 is 1.00 bits per heavy atom. The van der Waals surface area contributed by atoms with Gasteiger partial charge in [-0.2, -0.15) is 5.26 Å². The van der Waals surface area contributed by atoms with E-state index in [4.69, 9.17) is 5.41 Å². The smallest absolute Gasteiger partial charge is 0.119 e. The summed E-state index contributed by atoms with van der Waals surface area (Å²) >= 11 is 1.17. The van der Waals surface area contributed by atoms with Crippen LogP contribution in [0.15, 0.2) is 78.0 Å². The summed E-state index contributed by atoms with van der Waals surface area (Å²) in [5.41, 5.74) is 2.02. The standard InChI is InChI=1S/C21H17N3O2S/c22-13-19(21(23)27-18-6-4-17(25)5-7-18)15-2-1-3-16(12-15)20(26)14-8-10-24-11-9-14/h1-12,19-20,23,25-26H. The molecule has 3 rings (SSSR count). The largest absolute Gasteiger partial charge is 0.508 e. The molecule has 0 aliphatic rings. The van der Waals surface area contributed by atoms with Crippen molar-refractivity contribution in [3.05, 3.63) is 89.7 Å². The first-order valence-corrected chi connectivity index (χ1v) is 9.03. The SMILES string of the molecule is N#CC(C(=N)Sc1ccc(O)cc1)c1cccc(C(O)c2ccncc2)c1. The van der Waals surface area contributed by atoms with Crippen molar-refractivity contribution >= 4 is 16.8 Å². The first-order valence-electron chi connectivity index (χ1n) is 8.21. The van der Waals surface area contributed by atoms with Crippen LogP contribution in [0.2, 0.25) is 0 Å². The zero-order valence-corrected chi connectivity index (χ0v) is 15.1. The van der Waals surface area contributed by atoms with Gasteiger partial charge < -0.3 is 10.2 Å². The number of nitrogens with one attached hydrogen (secondary N) is 1. The van der Waals surface area contributed by atoms with Crippen molar-refractivity contribution in [3.63, 3.8) is 0 Å². The summed E-state index contributed by atoms with van der Waals surface area (Å²) in [5.74, 6) is -0.589. The number of nitrogens with zero attached hydrogens (tertiary/aromatic N) is 2. The number of aliphatic hydroxyl groups excluding tert-OH is 1. The van der Waals surface area contributed by atoms with Gasteiger partial charge in [-0.25, -0.2) is 0 Å². The molecule has 27 heavy (non-hydrogen) atoms. The average molecular weight is 375 g/mol. The summed E-state index contributed by atoms with van der Waals surface area (Å²) in [6, 6.07) is 19.2. The molecule has 3 aromatic rings. The summed E-state index contributed by atoms with van der Waals surface area (Å²) in [6.07, 6.45) is 2.40. The fraction of sp³-hybridized carbons (Fsp3) is 0.0952. The van der Waals surface area contributed by atoms with Crippen molar-refractivity contribution in [2.45, 2.75) is 16.9 Å². The van der Waals surface area contributed by atoms with Gasteiger partial charge in [0.05, 0.1) is 11.1 Å². The molecule has 2 aromatic carbocycles. The summed E-state index contributed by atoms with van der Waals surface area (Å²) in [5, 5.41) is 38.0. The Labute approximate surface area is 161 Å². The van der Waals surface area contributed by atoms with E-state index < -0.39 is 12.0 Å². The number of aromatic hydroxyl groups is 1. The van der Waals surface area contributed by atoms with Crippen LogP contribution in [0.25, 0.3) is 0 Å². The van der Waals surface area contributed by atoms with Crippen LogP contribution in [0.3, 0.4) is 0 Å². The number of hydrogen-bond donors (Lipinski definition) is 3. The maximum Gasteiger partial charge on any atom is 0.119 e. The van der Waals surface area contributed by atoms with E-state index in [1.807, 2.05) is 0 Å². The third-order valence-electron chi connectivity index (χ3n) is 4.04. The van der Waals surface area contributed by atoms with Crippen LogP contribution in [0.1, 0.15) is 28.7 Å². The Hall–Kier alpha value is -3.14. The minimum absolute atomic E-state index is 0.153. The zero-order chi connectivity index (χ0) is 19.2. The fourth-order valence-electron chi connectivity index (χ4n) is 2.63. The van der Waals surface area contributed by atoms with Crippen LogP contribution in [-0.2, 0) is 0 Å². The van der Waals surface area contributed by atoms with E-state index in [0.717, 1.165) is 4.90 Å². The molecule has 0 bridgehead atoms. The highest BCUT2D eigenvalue weighted by Crippen LogP contribution is 2.31. The normalized spacial score (nSPS) is 12.7. The summed E-state index contributed by atoms with van der Waals surface area (Å²) in [4.78, 5) is 4.72. The van der Waals surface area contributed by atoms with Gasteiger partial charge in [-0.15, -0.1) is 0 Å². The Balaban J connectivity index is 1.82. The third kappa shape index (κ3) is 4.53. The monoisotopic (exact) mass is 375 g/mol. The first kappa shape index (κ1) is 18.6. The Morgan fingerprint density at radius 3 is 2.33 bits per heavy atom. The number of rotatable bonds is 5. The molecule has 0 spiro atoms. The molecule has 2 unspecified atom stereocenters. The van der Waals surface area contributed by atoms with Crippen LogP contribution in [0.4, 0.5) is 0 Å². The molecule has 0 aliphatic carbocycles. The molecule has 5 nitrogen and oxygen atoms in total. The van der Waals surface area contributed by atoms with Gasteiger partial charge >= 0.3 is 0 Å². The van der Waals surface area contributed by atoms with Crippen LogP contribution >= 0.6 is 11.8 Å². The predicted octanol–water partition coefficient (Wildman–Crippen LogP) is 4.25. The molecule has 0 saturated heterocycles. The Bertz CT molecular complexity index is 969. The quantitative estimate of drug-likeness (QED) is 0.352. The number of aliphatic hydroxyl groups is 1. The van der Waals surface area contributed by atoms with Crippen molar-refractivity contribution in [1.82, 2.24) is 4.98 Å². The average Bonchev–Trinajstić information content (AvgIpc) is 2.70. The van der Waals surface area contributed by atoms with Crippen LogP contribution < -0.4 is 0 Å². The first-order chi connectivity index (χ1) is 13.1. The van der Waals surface area contributed by atoms with Crippen LogP contribution in [0, 0.1) is 16.7 Å². The highest BCUT2D eigenvalue weighted by atomic mass is 32.2. The lowest BCUT2D eigenvalue weighted by Gasteiger charge is -2.15. The van der Waals surface area contributed by atoms with E-state index in [0.29, 0.717) is 16.7 Å². The summed E-state index contributed by atoms with van der Waals surface area (Å²) in [7, 11) is 0. The van der Waals surface area contributed by atoms with Crippen molar-refractivity contribution in [3.8, 4) is 11.8 Å². The van der Waals surface area contributed by atoms with Crippen molar-refractivity contribution in [2.75, 3.05) is 0 Å². The van der Waals surface area contributed by atoms with Crippen molar-refractivity contribution in [1.29, 1.82) is 10.7 Å². The number of pyridine rings is 1. The van der Waals surface area contributed by atoms with Gasteiger partial charge in [0.1, 0.15) is 17.8 Å². The van der Waals surface area contributed by atoms with Gasteiger partial charge in [0.2, 0.25) is 0 Å². The minimum Gasteiger partial charge on any atom is -0.508 e. The predicted molar refractivity (Wildman–Crippen MR) is 105 cm³/mol. The second-order valence-electron chi connectivity index (χ2n) is 5.88. The molecule has 3 N–H and O–H groups in total. The highest BCUT2D eigenvalue weighted by Gasteiger charge is 2.20. The third-order valence-corrected chi connectivity index (χ3v) is 5.00. The maximum atomic E-state index is 10.6. The second kappa shape index (κ2) is 8.49. The molecule has 2 atom stereocenters. The van der Waals surface area contributed by atoms with Crippen LogP contribution in [0.5, 0.6) is 5.75 Å². The van der Waals surface area contributed by atoms with Crippen molar-refractivity contribution in [2.24, 2.45) is 0 Å². The van der Waals surface area contributed by atoms with E-state index in [-0.39, 0.29) is 10.8 Å². The molecule has 1 heterocycles. The highest BCUT2D eigenvalue weighted by molar-refractivity contribution is 8.14. The molecule has 1 aromatic heterocycles. The molecule has 6 heteroatoms. The van der Waals surface area contributed by atoms with E-state index in [2.05, 4.69) is 11.1 Å². The van der Waals surface area contributed by atoms with Gasteiger partial charge in [-0.1, -0.05) is 36.0 Å². The van der Waals surface area contributed by atoms with Gasteiger partial charge in [-0.05, 0) is 53.1 Å². The van der Waals surface area contributed by atoms with Crippen LogP contribution in [-0.4, -0.2) is 20.2 Å². The molecule has 0 aliphatic heterocycles. The minimum atomic E-state index is -0.828. The fourth-order valence-corrected chi connectivity index (χ4v) is 3.46. The zero-order valence-electron chi connectivity index (χ0n) is 14.3. The van der Waals surface area contributed by atoms with Gasteiger partial charge in [0.15, 0.2) is 0 Å². The molecule has 0 saturated carbocycles. The molecule has 0 fully saturated rings. The molecule has 0 radical (unpaired) electrons. The lowest BCUT2D eigenvalue weighted by molar-refractivity contribution is 0.220. The van der Waals surface area contributed by atoms with Crippen molar-refractivity contribution < 1.29 is 10.2 Å². The number of nitriles is 1. The second-order valence-corrected chi connectivity index (χ2v) is 6.99. The van der Waals surface area contributed by atoms with E-state index in [1.165, 1.54) is 11.8 Å². The summed E-state index contributed by atoms with van der Waals surface area (Å²) < 4.78 is 0. The number of hydrogen-bond acceptors (Lipinski definition) is 6. The molecular formula is C21H17N3O2S. The van der Waals surface area contributed by atoms with E-state index >= 15 is 0 Å². The molecule has 134 valence electrons. The Kier molecular flexibility index (Phi) is 5.87. The molecule has 0 amide bonds. The lowest BCUT2D eigenvalue weighted by atomic mass is 9.95. The van der Waals surface area contributed by atoms with Gasteiger partial charge in [0.25, 0.3) is 0 Å². The molecular weight excluding hydrogens is 358 g/mol. The maximum absolute atomic E-state index is 10.6. The number of benzene rings is 2. The number of aromatic nitrogens is 1. The topological polar surface area (TPSA) is 101 Å². The number of phenolic OH excluding ortho intramolecular Hbond substituents is 1. The summed E-state index contributed by atoms with van der Waals surface area (Å²) in [6.45, 7) is 0. The van der Waals surface area contributed by atoms with Gasteiger partial charge in [-0.3, -0.25) is 10.4 Å². The van der Waals surface area contributed by atoms with Gasteiger partial charge in [0, 0.05) is 17.3 Å². The number of phenols is 1. The van der Waals surface area contributed by atoms with E-state index in [9.17, 15) is 15.5 Å². The number of thioether (sulfide) groups is 1. The van der Waals surface area contributed by atoms with E-state index in [1.54, 1.807) is 73.1 Å². The lowest BCUT2D eigenvalue weighted by Crippen LogP contribution is -2.08. The Morgan fingerprint density at radius 2 is 1.67 bits per heavy atom.